The van der Waals surface area contributed by atoms with Gasteiger partial charge in [-0.05, 0) is 24.3 Å². The zero-order valence-corrected chi connectivity index (χ0v) is 12.4. The molecule has 94 valence electrons. The monoisotopic (exact) mass is 330 g/mol. The molecule has 0 radical (unpaired) electrons. The van der Waals surface area contributed by atoms with Crippen LogP contribution in [-0.2, 0) is 0 Å². The van der Waals surface area contributed by atoms with Crippen molar-refractivity contribution in [3.05, 3.63) is 58.4 Å². The molecule has 1 heterocycles. The average Bonchev–Trinajstić information content (AvgIpc) is 2.89. The van der Waals surface area contributed by atoms with Gasteiger partial charge in [0.1, 0.15) is 5.01 Å². The van der Waals surface area contributed by atoms with Gasteiger partial charge in [0.15, 0.2) is 0 Å². The van der Waals surface area contributed by atoms with Crippen molar-refractivity contribution in [1.82, 2.24) is 4.98 Å². The Morgan fingerprint density at radius 1 is 1.00 bits per heavy atom. The molecular formula is C15H11BrN2S. The second-order valence-corrected chi connectivity index (χ2v) is 5.94. The fourth-order valence-electron chi connectivity index (χ4n) is 1.81. The lowest BCUT2D eigenvalue weighted by Crippen LogP contribution is -1.84. The van der Waals surface area contributed by atoms with E-state index < -0.39 is 0 Å². The Hall–Kier alpha value is -1.65. The summed E-state index contributed by atoms with van der Waals surface area (Å²) in [5.41, 5.74) is 9.67. The number of nitrogen functional groups attached to an aromatic ring is 1. The van der Waals surface area contributed by atoms with Crippen molar-refractivity contribution in [1.29, 1.82) is 0 Å². The molecule has 0 aliphatic rings. The van der Waals surface area contributed by atoms with E-state index in [1.54, 1.807) is 11.3 Å². The fraction of sp³-hybridized carbons (Fsp3) is 0. The maximum Gasteiger partial charge on any atom is 0.124 e. The molecule has 0 bridgehead atoms. The summed E-state index contributed by atoms with van der Waals surface area (Å²) in [4.78, 5) is 4.68. The van der Waals surface area contributed by atoms with Gasteiger partial charge in [0.2, 0.25) is 0 Å². The molecule has 3 aromatic rings. The number of thiazole rings is 1. The van der Waals surface area contributed by atoms with Gasteiger partial charge < -0.3 is 5.73 Å². The molecule has 19 heavy (non-hydrogen) atoms. The van der Waals surface area contributed by atoms with Crippen LogP contribution in [0.5, 0.6) is 0 Å². The van der Waals surface area contributed by atoms with Crippen LogP contribution in [-0.4, -0.2) is 4.98 Å². The van der Waals surface area contributed by atoms with Crippen molar-refractivity contribution >= 4 is 33.0 Å². The van der Waals surface area contributed by atoms with Crippen LogP contribution < -0.4 is 5.73 Å². The fourth-order valence-corrected chi connectivity index (χ4v) is 3.04. The van der Waals surface area contributed by atoms with Crippen LogP contribution in [0.2, 0.25) is 0 Å². The molecule has 3 rings (SSSR count). The van der Waals surface area contributed by atoms with Gasteiger partial charge in [0.05, 0.1) is 5.69 Å². The Bertz CT molecular complexity index is 704. The van der Waals surface area contributed by atoms with Crippen LogP contribution >= 0.6 is 27.3 Å². The van der Waals surface area contributed by atoms with E-state index in [-0.39, 0.29) is 0 Å². The number of hydrogen-bond acceptors (Lipinski definition) is 3. The zero-order chi connectivity index (χ0) is 13.2. The van der Waals surface area contributed by atoms with Gasteiger partial charge in [0.25, 0.3) is 0 Å². The highest BCUT2D eigenvalue weighted by atomic mass is 79.9. The first kappa shape index (κ1) is 12.4. The maximum absolute atomic E-state index is 5.69. The Morgan fingerprint density at radius 3 is 2.53 bits per heavy atom. The molecule has 0 atom stereocenters. The van der Waals surface area contributed by atoms with Gasteiger partial charge in [-0.15, -0.1) is 11.3 Å². The predicted molar refractivity (Wildman–Crippen MR) is 85.1 cm³/mol. The smallest absolute Gasteiger partial charge is 0.124 e. The Balaban J connectivity index is 1.97. The third-order valence-corrected chi connectivity index (χ3v) is 4.17. The summed E-state index contributed by atoms with van der Waals surface area (Å²) in [7, 11) is 0. The van der Waals surface area contributed by atoms with Crippen molar-refractivity contribution in [2.45, 2.75) is 0 Å². The van der Waals surface area contributed by atoms with E-state index in [0.29, 0.717) is 0 Å². The summed E-state index contributed by atoms with van der Waals surface area (Å²) < 4.78 is 1.06. The highest BCUT2D eigenvalue weighted by molar-refractivity contribution is 9.10. The molecule has 2 aromatic carbocycles. The number of nitrogens with two attached hydrogens (primary N) is 1. The molecule has 0 spiro atoms. The molecule has 0 fully saturated rings. The molecule has 0 saturated heterocycles. The van der Waals surface area contributed by atoms with Crippen molar-refractivity contribution in [2.75, 3.05) is 5.73 Å². The van der Waals surface area contributed by atoms with E-state index in [0.717, 1.165) is 32.0 Å². The Morgan fingerprint density at radius 2 is 1.79 bits per heavy atom. The lowest BCUT2D eigenvalue weighted by molar-refractivity contribution is 1.40. The van der Waals surface area contributed by atoms with E-state index in [9.17, 15) is 0 Å². The van der Waals surface area contributed by atoms with Gasteiger partial charge in [-0.25, -0.2) is 4.98 Å². The summed E-state index contributed by atoms with van der Waals surface area (Å²) in [6, 6.07) is 16.0. The molecular weight excluding hydrogens is 320 g/mol. The second-order valence-electron chi connectivity index (χ2n) is 4.17. The maximum atomic E-state index is 5.69. The molecule has 0 amide bonds. The van der Waals surface area contributed by atoms with Crippen LogP contribution in [0.3, 0.4) is 0 Å². The van der Waals surface area contributed by atoms with Crippen molar-refractivity contribution in [3.63, 3.8) is 0 Å². The van der Waals surface area contributed by atoms with Gasteiger partial charge in [-0.1, -0.05) is 40.2 Å². The number of anilines is 1. The minimum Gasteiger partial charge on any atom is -0.399 e. The van der Waals surface area contributed by atoms with E-state index in [4.69, 9.17) is 5.73 Å². The lowest BCUT2D eigenvalue weighted by atomic mass is 10.1. The molecule has 2 nitrogen and oxygen atoms in total. The number of rotatable bonds is 2. The standard InChI is InChI=1S/C15H11BrN2S/c16-12-3-1-2-11(8-12)15-18-14(9-19-15)10-4-6-13(17)7-5-10/h1-9H,17H2. The van der Waals surface area contributed by atoms with Crippen molar-refractivity contribution in [3.8, 4) is 21.8 Å². The lowest BCUT2D eigenvalue weighted by Gasteiger charge is -1.98. The minimum atomic E-state index is 0.770. The van der Waals surface area contributed by atoms with Gasteiger partial charge >= 0.3 is 0 Å². The second kappa shape index (κ2) is 5.15. The summed E-state index contributed by atoms with van der Waals surface area (Å²) in [6.45, 7) is 0. The number of halogens is 1. The molecule has 0 aliphatic heterocycles. The van der Waals surface area contributed by atoms with Crippen molar-refractivity contribution in [2.24, 2.45) is 0 Å². The first-order chi connectivity index (χ1) is 9.22. The predicted octanol–water partition coefficient (Wildman–Crippen LogP) is 4.82. The number of hydrogen-bond donors (Lipinski definition) is 1. The quantitative estimate of drug-likeness (QED) is 0.684. The topological polar surface area (TPSA) is 38.9 Å². The third kappa shape index (κ3) is 2.69. The van der Waals surface area contributed by atoms with Crippen LogP contribution in [0.4, 0.5) is 5.69 Å². The van der Waals surface area contributed by atoms with E-state index in [2.05, 4.69) is 38.4 Å². The van der Waals surface area contributed by atoms with Crippen molar-refractivity contribution < 1.29 is 0 Å². The zero-order valence-electron chi connectivity index (χ0n) is 10.0. The SMILES string of the molecule is Nc1ccc(-c2csc(-c3cccc(Br)c3)n2)cc1. The Labute approximate surface area is 124 Å². The minimum absolute atomic E-state index is 0.770. The third-order valence-electron chi connectivity index (χ3n) is 2.78. The molecule has 0 unspecified atom stereocenters. The first-order valence-corrected chi connectivity index (χ1v) is 7.47. The summed E-state index contributed by atoms with van der Waals surface area (Å²) in [6.07, 6.45) is 0. The van der Waals surface area contributed by atoms with Gasteiger partial charge in [-0.3, -0.25) is 0 Å². The van der Waals surface area contributed by atoms with Crippen LogP contribution in [0, 0.1) is 0 Å². The molecule has 1 aromatic heterocycles. The Kier molecular flexibility index (Phi) is 3.36. The largest absolute Gasteiger partial charge is 0.399 e. The summed E-state index contributed by atoms with van der Waals surface area (Å²) in [5.74, 6) is 0. The number of benzene rings is 2. The molecule has 2 N–H and O–H groups in total. The van der Waals surface area contributed by atoms with Gasteiger partial charge in [0, 0.05) is 26.7 Å². The normalized spacial score (nSPS) is 10.6. The van der Waals surface area contributed by atoms with E-state index in [1.807, 2.05) is 36.4 Å². The van der Waals surface area contributed by atoms with Crippen LogP contribution in [0.15, 0.2) is 58.4 Å². The van der Waals surface area contributed by atoms with E-state index >= 15 is 0 Å². The molecule has 4 heteroatoms. The average molecular weight is 331 g/mol. The highest BCUT2D eigenvalue weighted by Gasteiger charge is 2.06. The summed E-state index contributed by atoms with van der Waals surface area (Å²) in [5, 5.41) is 3.09. The number of nitrogens with zero attached hydrogens (tertiary/aromatic N) is 1. The highest BCUT2D eigenvalue weighted by Crippen LogP contribution is 2.30. The summed E-state index contributed by atoms with van der Waals surface area (Å²) >= 11 is 5.13. The number of aromatic nitrogens is 1. The van der Waals surface area contributed by atoms with Crippen LogP contribution in [0.1, 0.15) is 0 Å². The first-order valence-electron chi connectivity index (χ1n) is 5.80. The van der Waals surface area contributed by atoms with Crippen LogP contribution in [0.25, 0.3) is 21.8 Å². The molecule has 0 aliphatic carbocycles. The molecule has 0 saturated carbocycles. The van der Waals surface area contributed by atoms with Gasteiger partial charge in [-0.2, -0.15) is 0 Å². The van der Waals surface area contributed by atoms with E-state index in [1.165, 1.54) is 0 Å².